The number of rotatable bonds is 2. The summed E-state index contributed by atoms with van der Waals surface area (Å²) in [6.45, 7) is -0.761. The summed E-state index contributed by atoms with van der Waals surface area (Å²) in [4.78, 5) is 4.02. The Hall–Kier alpha value is -2.22. The highest BCUT2D eigenvalue weighted by atomic mass is 19.3. The van der Waals surface area contributed by atoms with Gasteiger partial charge in [0.1, 0.15) is 18.5 Å². The van der Waals surface area contributed by atoms with Crippen LogP contribution in [0.5, 0.6) is 0 Å². The van der Waals surface area contributed by atoms with Crippen molar-refractivity contribution < 1.29 is 26.7 Å². The van der Waals surface area contributed by atoms with Gasteiger partial charge >= 0.3 is 0 Å². The van der Waals surface area contributed by atoms with E-state index in [-0.39, 0.29) is 35.3 Å². The molecule has 0 bridgehead atoms. The van der Waals surface area contributed by atoms with Crippen molar-refractivity contribution >= 4 is 5.69 Å². The average Bonchev–Trinajstić information content (AvgIpc) is 2.52. The molecule has 0 unspecified atom stereocenters. The molecule has 3 rings (SSSR count). The van der Waals surface area contributed by atoms with E-state index in [1.807, 2.05) is 0 Å². The van der Waals surface area contributed by atoms with E-state index >= 15 is 0 Å². The summed E-state index contributed by atoms with van der Waals surface area (Å²) in [5.74, 6) is -6.44. The molecule has 24 heavy (non-hydrogen) atoms. The predicted molar refractivity (Wildman–Crippen MR) is 76.8 cm³/mol. The third kappa shape index (κ3) is 3.06. The molecule has 0 spiro atoms. The van der Waals surface area contributed by atoms with E-state index in [9.17, 15) is 22.0 Å². The highest BCUT2D eigenvalue weighted by Gasteiger charge is 2.37. The van der Waals surface area contributed by atoms with Gasteiger partial charge in [-0.3, -0.25) is 4.98 Å². The summed E-state index contributed by atoms with van der Waals surface area (Å²) in [5.41, 5.74) is 5.97. The molecule has 2 aromatic rings. The van der Waals surface area contributed by atoms with E-state index in [0.717, 1.165) is 0 Å². The molecule has 1 fully saturated rings. The number of benzene rings is 1. The second kappa shape index (κ2) is 6.01. The Morgan fingerprint density at radius 3 is 2.46 bits per heavy atom. The monoisotopic (exact) mass is 344 g/mol. The van der Waals surface area contributed by atoms with E-state index in [4.69, 9.17) is 10.5 Å². The molecule has 2 heterocycles. The molecular weight excluding hydrogens is 331 g/mol. The maximum atomic E-state index is 14.0. The van der Waals surface area contributed by atoms with Crippen molar-refractivity contribution in [1.82, 2.24) is 4.98 Å². The van der Waals surface area contributed by atoms with Crippen molar-refractivity contribution in [2.75, 3.05) is 12.3 Å². The molecule has 0 aliphatic carbocycles. The minimum atomic E-state index is -2.91. The van der Waals surface area contributed by atoms with Gasteiger partial charge in [0.2, 0.25) is 0 Å². The molecule has 0 saturated carbocycles. The molecule has 8 heteroatoms. The lowest BCUT2D eigenvalue weighted by molar-refractivity contribution is -0.146. The van der Waals surface area contributed by atoms with E-state index in [2.05, 4.69) is 4.98 Å². The molecule has 128 valence electrons. The Morgan fingerprint density at radius 1 is 1.08 bits per heavy atom. The second-order valence-corrected chi connectivity index (χ2v) is 5.60. The van der Waals surface area contributed by atoms with Gasteiger partial charge in [-0.1, -0.05) is 0 Å². The first-order valence-corrected chi connectivity index (χ1v) is 7.17. The number of anilines is 1. The van der Waals surface area contributed by atoms with Gasteiger partial charge in [0.05, 0.1) is 11.4 Å². The maximum absolute atomic E-state index is 14.0. The van der Waals surface area contributed by atoms with Gasteiger partial charge in [0.25, 0.3) is 5.92 Å². The molecular formula is C16H13F5N2O. The summed E-state index contributed by atoms with van der Waals surface area (Å²) >= 11 is 0. The number of aromatic nitrogens is 1. The highest BCUT2D eigenvalue weighted by Crippen LogP contribution is 2.39. The third-order valence-electron chi connectivity index (χ3n) is 3.89. The summed E-state index contributed by atoms with van der Waals surface area (Å²) in [7, 11) is 0. The molecule has 0 radical (unpaired) electrons. The predicted octanol–water partition coefficient (Wildman–Crippen LogP) is 4.23. The van der Waals surface area contributed by atoms with Crippen molar-refractivity contribution in [3.63, 3.8) is 0 Å². The van der Waals surface area contributed by atoms with Crippen LogP contribution >= 0.6 is 0 Å². The van der Waals surface area contributed by atoms with Crippen LogP contribution in [0.15, 0.2) is 24.4 Å². The normalized spacial score (nSPS) is 20.1. The van der Waals surface area contributed by atoms with Crippen molar-refractivity contribution in [2.45, 2.75) is 24.9 Å². The lowest BCUT2D eigenvalue weighted by Gasteiger charge is -2.29. The smallest absolute Gasteiger partial charge is 0.271 e. The number of halogens is 5. The summed E-state index contributed by atoms with van der Waals surface area (Å²) in [6.07, 6.45) is 0.131. The zero-order valence-corrected chi connectivity index (χ0v) is 12.3. The Morgan fingerprint density at radius 2 is 1.79 bits per heavy atom. The maximum Gasteiger partial charge on any atom is 0.271 e. The van der Waals surface area contributed by atoms with E-state index in [1.54, 1.807) is 0 Å². The van der Waals surface area contributed by atoms with Gasteiger partial charge in [0.15, 0.2) is 11.6 Å². The number of hydrogen-bond donors (Lipinski definition) is 1. The first kappa shape index (κ1) is 16.6. The van der Waals surface area contributed by atoms with Crippen LogP contribution in [0, 0.1) is 17.5 Å². The fourth-order valence-electron chi connectivity index (χ4n) is 2.65. The van der Waals surface area contributed by atoms with Gasteiger partial charge in [0, 0.05) is 29.8 Å². The summed E-state index contributed by atoms with van der Waals surface area (Å²) in [5, 5.41) is 0. The lowest BCUT2D eigenvalue weighted by Crippen LogP contribution is -2.31. The fraction of sp³-hybridized carbons (Fsp3) is 0.312. The second-order valence-electron chi connectivity index (χ2n) is 5.60. The minimum absolute atomic E-state index is 0.00604. The Bertz CT molecular complexity index is 771. The van der Waals surface area contributed by atoms with E-state index < -0.39 is 36.1 Å². The van der Waals surface area contributed by atoms with E-state index in [1.165, 1.54) is 12.3 Å². The number of hydrogen-bond acceptors (Lipinski definition) is 3. The minimum Gasteiger partial charge on any atom is -0.397 e. The largest absolute Gasteiger partial charge is 0.397 e. The number of alkyl halides is 2. The molecule has 1 saturated heterocycles. The molecule has 1 aliphatic heterocycles. The number of pyridine rings is 1. The number of nitrogens with zero attached hydrogens (tertiary/aromatic N) is 1. The fourth-order valence-corrected chi connectivity index (χ4v) is 2.65. The van der Waals surface area contributed by atoms with Crippen LogP contribution < -0.4 is 5.73 Å². The van der Waals surface area contributed by atoms with Crippen molar-refractivity contribution in [1.29, 1.82) is 0 Å². The molecule has 2 N–H and O–H groups in total. The summed E-state index contributed by atoms with van der Waals surface area (Å²) < 4.78 is 71.9. The quantitative estimate of drug-likeness (QED) is 0.655. The highest BCUT2D eigenvalue weighted by molar-refractivity contribution is 5.78. The average molecular weight is 344 g/mol. The van der Waals surface area contributed by atoms with Gasteiger partial charge in [-0.2, -0.15) is 0 Å². The Labute approximate surface area is 134 Å². The molecule has 1 aromatic heterocycles. The zero-order valence-electron chi connectivity index (χ0n) is 12.3. The van der Waals surface area contributed by atoms with Gasteiger partial charge < -0.3 is 10.5 Å². The standard InChI is InChI=1S/C16H13F5N2O/c17-10-6-12(19)11(18)5-9(10)8-2-4-23-15(14(8)22)13-1-3-16(20,21)7-24-13/h2,4-6,13H,1,3,7,22H2/t13-/m1/s1. The van der Waals surface area contributed by atoms with Crippen LogP contribution in [-0.2, 0) is 4.74 Å². The third-order valence-corrected chi connectivity index (χ3v) is 3.89. The van der Waals surface area contributed by atoms with Crippen LogP contribution in [-0.4, -0.2) is 17.5 Å². The molecule has 1 aromatic carbocycles. The topological polar surface area (TPSA) is 48.1 Å². The van der Waals surface area contributed by atoms with Crippen LogP contribution in [0.1, 0.15) is 24.6 Å². The molecule has 3 nitrogen and oxygen atoms in total. The van der Waals surface area contributed by atoms with Gasteiger partial charge in [-0.25, -0.2) is 22.0 Å². The first-order valence-electron chi connectivity index (χ1n) is 7.17. The van der Waals surface area contributed by atoms with Crippen LogP contribution in [0.3, 0.4) is 0 Å². The Balaban J connectivity index is 1.99. The van der Waals surface area contributed by atoms with Crippen LogP contribution in [0.25, 0.3) is 11.1 Å². The van der Waals surface area contributed by atoms with Crippen LogP contribution in [0.2, 0.25) is 0 Å². The molecule has 1 aliphatic rings. The number of ether oxygens (including phenoxy) is 1. The van der Waals surface area contributed by atoms with Crippen molar-refractivity contribution in [3.8, 4) is 11.1 Å². The number of nitrogens with two attached hydrogens (primary N) is 1. The first-order chi connectivity index (χ1) is 11.3. The summed E-state index contributed by atoms with van der Waals surface area (Å²) in [6, 6.07) is 2.45. The number of nitrogen functional groups attached to an aromatic ring is 1. The molecule has 0 amide bonds. The lowest BCUT2D eigenvalue weighted by atomic mass is 9.97. The van der Waals surface area contributed by atoms with E-state index in [0.29, 0.717) is 12.1 Å². The van der Waals surface area contributed by atoms with Crippen molar-refractivity contribution in [3.05, 3.63) is 47.5 Å². The van der Waals surface area contributed by atoms with Gasteiger partial charge in [-0.05, 0) is 18.6 Å². The zero-order chi connectivity index (χ0) is 17.5. The Kier molecular flexibility index (Phi) is 4.16. The van der Waals surface area contributed by atoms with Gasteiger partial charge in [-0.15, -0.1) is 0 Å². The SMILES string of the molecule is Nc1c(-c2cc(F)c(F)cc2F)ccnc1[C@H]1CCC(F)(F)CO1. The van der Waals surface area contributed by atoms with Crippen molar-refractivity contribution in [2.24, 2.45) is 0 Å². The molecule has 1 atom stereocenters. The van der Waals surface area contributed by atoms with Crippen LogP contribution in [0.4, 0.5) is 27.6 Å².